The van der Waals surface area contributed by atoms with E-state index in [1.165, 1.54) is 18.9 Å². The summed E-state index contributed by atoms with van der Waals surface area (Å²) in [7, 11) is 0. The molecule has 1 aromatic carbocycles. The fourth-order valence-electron chi connectivity index (χ4n) is 2.06. The summed E-state index contributed by atoms with van der Waals surface area (Å²) in [6, 6.07) is 5.29. The highest BCUT2D eigenvalue weighted by atomic mass is 79.9. The predicted octanol–water partition coefficient (Wildman–Crippen LogP) is 2.84. The van der Waals surface area contributed by atoms with E-state index < -0.39 is 0 Å². The first kappa shape index (κ1) is 13.0. The highest BCUT2D eigenvalue weighted by Gasteiger charge is 2.30. The van der Waals surface area contributed by atoms with E-state index in [2.05, 4.69) is 21.2 Å². The van der Waals surface area contributed by atoms with Crippen LogP contribution in [0.1, 0.15) is 24.8 Å². The lowest BCUT2D eigenvalue weighted by molar-refractivity contribution is 0.255. The number of aliphatic hydroxyl groups excluding tert-OH is 1. The van der Waals surface area contributed by atoms with Gasteiger partial charge >= 0.3 is 0 Å². The van der Waals surface area contributed by atoms with Crippen LogP contribution in [0.15, 0.2) is 22.7 Å². The van der Waals surface area contributed by atoms with Gasteiger partial charge in [-0.05, 0) is 43.4 Å². The van der Waals surface area contributed by atoms with Crippen molar-refractivity contribution in [1.29, 1.82) is 0 Å². The maximum atomic E-state index is 13.5. The lowest BCUT2D eigenvalue weighted by atomic mass is 10.1. The normalized spacial score (nSPS) is 17.1. The van der Waals surface area contributed by atoms with Crippen LogP contribution in [0.4, 0.5) is 4.39 Å². The molecule has 1 saturated carbocycles. The van der Waals surface area contributed by atoms with Gasteiger partial charge in [0.1, 0.15) is 5.82 Å². The average Bonchev–Trinajstić information content (AvgIpc) is 3.12. The number of hydrogen-bond acceptors (Lipinski definition) is 2. The van der Waals surface area contributed by atoms with Gasteiger partial charge in [0.25, 0.3) is 0 Å². The summed E-state index contributed by atoms with van der Waals surface area (Å²) in [5.41, 5.74) is 0.669. The highest BCUT2D eigenvalue weighted by molar-refractivity contribution is 9.10. The van der Waals surface area contributed by atoms with E-state index in [0.717, 1.165) is 10.9 Å². The summed E-state index contributed by atoms with van der Waals surface area (Å²) >= 11 is 3.34. The Kier molecular flexibility index (Phi) is 4.54. The van der Waals surface area contributed by atoms with Gasteiger partial charge in [-0.2, -0.15) is 0 Å². The summed E-state index contributed by atoms with van der Waals surface area (Å²) in [5, 5.41) is 12.3. The van der Waals surface area contributed by atoms with E-state index in [9.17, 15) is 4.39 Å². The third-order valence-corrected chi connectivity index (χ3v) is 3.69. The number of halogens is 2. The second kappa shape index (κ2) is 5.94. The molecular formula is C13H17BrFNO. The Morgan fingerprint density at radius 3 is 2.88 bits per heavy atom. The van der Waals surface area contributed by atoms with Crippen LogP contribution in [-0.2, 0) is 6.54 Å². The fourth-order valence-corrected chi connectivity index (χ4v) is 2.47. The van der Waals surface area contributed by atoms with Crippen molar-refractivity contribution in [2.24, 2.45) is 5.92 Å². The van der Waals surface area contributed by atoms with Gasteiger partial charge in [-0.25, -0.2) is 4.39 Å². The van der Waals surface area contributed by atoms with Crippen LogP contribution in [0, 0.1) is 11.7 Å². The van der Waals surface area contributed by atoms with E-state index in [-0.39, 0.29) is 12.4 Å². The van der Waals surface area contributed by atoms with Crippen molar-refractivity contribution in [2.45, 2.75) is 31.8 Å². The molecule has 1 aromatic rings. The maximum Gasteiger partial charge on any atom is 0.127 e. The van der Waals surface area contributed by atoms with Gasteiger partial charge in [0.15, 0.2) is 0 Å². The van der Waals surface area contributed by atoms with Crippen LogP contribution < -0.4 is 5.32 Å². The third kappa shape index (κ3) is 3.76. The first-order valence-electron chi connectivity index (χ1n) is 5.99. The summed E-state index contributed by atoms with van der Waals surface area (Å²) in [6.07, 6.45) is 3.19. The highest BCUT2D eigenvalue weighted by Crippen LogP contribution is 2.34. The molecule has 2 nitrogen and oxygen atoms in total. The second-order valence-electron chi connectivity index (χ2n) is 4.57. The van der Waals surface area contributed by atoms with Crippen molar-refractivity contribution in [3.05, 3.63) is 34.1 Å². The molecule has 0 bridgehead atoms. The van der Waals surface area contributed by atoms with Crippen LogP contribution in [0.2, 0.25) is 0 Å². The maximum absolute atomic E-state index is 13.5. The molecule has 0 heterocycles. The smallest absolute Gasteiger partial charge is 0.127 e. The van der Waals surface area contributed by atoms with Crippen molar-refractivity contribution < 1.29 is 9.50 Å². The van der Waals surface area contributed by atoms with Crippen molar-refractivity contribution in [3.63, 3.8) is 0 Å². The molecule has 2 N–H and O–H groups in total. The van der Waals surface area contributed by atoms with Crippen molar-refractivity contribution in [1.82, 2.24) is 5.32 Å². The largest absolute Gasteiger partial charge is 0.396 e. The molecule has 0 aromatic heterocycles. The Labute approximate surface area is 109 Å². The molecule has 1 unspecified atom stereocenters. The molecule has 1 fully saturated rings. The van der Waals surface area contributed by atoms with Crippen molar-refractivity contribution in [3.8, 4) is 0 Å². The molecule has 17 heavy (non-hydrogen) atoms. The second-order valence-corrected chi connectivity index (χ2v) is 5.49. The lowest BCUT2D eigenvalue weighted by Crippen LogP contribution is -2.31. The molecule has 0 aliphatic heterocycles. The molecule has 94 valence electrons. The predicted molar refractivity (Wildman–Crippen MR) is 69.2 cm³/mol. The molecule has 0 radical (unpaired) electrons. The number of benzene rings is 1. The Hall–Kier alpha value is -0.450. The fraction of sp³-hybridized carbons (Fsp3) is 0.538. The van der Waals surface area contributed by atoms with Gasteiger partial charge in [-0.3, -0.25) is 0 Å². The van der Waals surface area contributed by atoms with Crippen LogP contribution in [0.5, 0.6) is 0 Å². The first-order chi connectivity index (χ1) is 8.20. The Morgan fingerprint density at radius 1 is 1.47 bits per heavy atom. The van der Waals surface area contributed by atoms with E-state index >= 15 is 0 Å². The molecule has 1 aliphatic rings. The summed E-state index contributed by atoms with van der Waals surface area (Å²) in [5.74, 6) is 0.483. The Morgan fingerprint density at radius 2 is 2.24 bits per heavy atom. The van der Waals surface area contributed by atoms with E-state index in [0.29, 0.717) is 24.1 Å². The van der Waals surface area contributed by atoms with E-state index in [1.54, 1.807) is 12.1 Å². The molecule has 0 spiro atoms. The summed E-state index contributed by atoms with van der Waals surface area (Å²) < 4.78 is 14.4. The van der Waals surface area contributed by atoms with Gasteiger partial charge in [0.2, 0.25) is 0 Å². The molecule has 0 saturated heterocycles. The molecule has 0 amide bonds. The van der Waals surface area contributed by atoms with Gasteiger partial charge in [-0.15, -0.1) is 0 Å². The Bertz CT molecular complexity index is 382. The van der Waals surface area contributed by atoms with Crippen LogP contribution in [0.25, 0.3) is 0 Å². The van der Waals surface area contributed by atoms with Gasteiger partial charge in [-0.1, -0.05) is 15.9 Å². The van der Waals surface area contributed by atoms with Gasteiger partial charge < -0.3 is 10.4 Å². The zero-order chi connectivity index (χ0) is 12.3. The zero-order valence-corrected chi connectivity index (χ0v) is 11.2. The summed E-state index contributed by atoms with van der Waals surface area (Å²) in [4.78, 5) is 0. The zero-order valence-electron chi connectivity index (χ0n) is 9.63. The van der Waals surface area contributed by atoms with Crippen LogP contribution in [-0.4, -0.2) is 17.8 Å². The van der Waals surface area contributed by atoms with Gasteiger partial charge in [0, 0.05) is 29.2 Å². The Balaban J connectivity index is 1.93. The van der Waals surface area contributed by atoms with E-state index in [1.807, 2.05) is 0 Å². The number of rotatable bonds is 6. The lowest BCUT2D eigenvalue weighted by Gasteiger charge is -2.17. The standard InChI is InChI=1S/C13H17BrFNO/c14-11-3-4-12(15)10(7-11)8-16-13(5-6-17)9-1-2-9/h3-4,7,9,13,16-17H,1-2,5-6,8H2. The van der Waals surface area contributed by atoms with Crippen LogP contribution >= 0.6 is 15.9 Å². The molecule has 1 atom stereocenters. The number of aliphatic hydroxyl groups is 1. The third-order valence-electron chi connectivity index (χ3n) is 3.19. The minimum atomic E-state index is -0.181. The average molecular weight is 302 g/mol. The van der Waals surface area contributed by atoms with Crippen molar-refractivity contribution in [2.75, 3.05) is 6.61 Å². The topological polar surface area (TPSA) is 32.3 Å². The summed E-state index contributed by atoms with van der Waals surface area (Å²) in [6.45, 7) is 0.710. The molecule has 4 heteroatoms. The number of hydrogen-bond donors (Lipinski definition) is 2. The van der Waals surface area contributed by atoms with E-state index in [4.69, 9.17) is 5.11 Å². The molecular weight excluding hydrogens is 285 g/mol. The molecule has 1 aliphatic carbocycles. The van der Waals surface area contributed by atoms with Gasteiger partial charge in [0.05, 0.1) is 0 Å². The minimum Gasteiger partial charge on any atom is -0.396 e. The van der Waals surface area contributed by atoms with Crippen LogP contribution in [0.3, 0.4) is 0 Å². The minimum absolute atomic E-state index is 0.181. The number of nitrogens with one attached hydrogen (secondary N) is 1. The SMILES string of the molecule is OCCC(NCc1cc(Br)ccc1F)C1CC1. The molecule has 2 rings (SSSR count). The monoisotopic (exact) mass is 301 g/mol. The first-order valence-corrected chi connectivity index (χ1v) is 6.78. The van der Waals surface area contributed by atoms with Crippen molar-refractivity contribution >= 4 is 15.9 Å². The quantitative estimate of drug-likeness (QED) is 0.847.